The molecule has 0 amide bonds. The van der Waals surface area contributed by atoms with Crippen LogP contribution in [-0.2, 0) is 6.54 Å². The molecule has 0 heterocycles. The van der Waals surface area contributed by atoms with Gasteiger partial charge in [0.25, 0.3) is 0 Å². The molecule has 0 unspecified atom stereocenters. The zero-order valence-corrected chi connectivity index (χ0v) is 11.9. The average Bonchev–Trinajstić information content (AvgIpc) is 2.30. The molecular weight excluding hydrogens is 330 g/mol. The molecule has 0 fully saturated rings. The average molecular weight is 344 g/mol. The van der Waals surface area contributed by atoms with Gasteiger partial charge in [-0.25, -0.2) is 4.39 Å². The van der Waals surface area contributed by atoms with E-state index in [-0.39, 0.29) is 24.4 Å². The number of rotatable bonds is 6. The third-order valence-corrected chi connectivity index (χ3v) is 2.82. The molecule has 19 heavy (non-hydrogen) atoms. The highest BCUT2D eigenvalue weighted by molar-refractivity contribution is 9.09. The van der Waals surface area contributed by atoms with Crippen LogP contribution in [0.5, 0.6) is 5.75 Å². The van der Waals surface area contributed by atoms with Crippen molar-refractivity contribution < 1.29 is 22.3 Å². The summed E-state index contributed by atoms with van der Waals surface area (Å²) in [7, 11) is 1.31. The lowest BCUT2D eigenvalue weighted by atomic mass is 10.2. The summed E-state index contributed by atoms with van der Waals surface area (Å²) in [4.78, 5) is 1.13. The van der Waals surface area contributed by atoms with Gasteiger partial charge in [0, 0.05) is 24.0 Å². The van der Waals surface area contributed by atoms with E-state index in [0.29, 0.717) is 5.33 Å². The molecule has 0 aliphatic heterocycles. The van der Waals surface area contributed by atoms with Crippen molar-refractivity contribution in [3.05, 3.63) is 29.6 Å². The number of ether oxygens (including phenoxy) is 1. The molecule has 0 aliphatic rings. The monoisotopic (exact) mass is 343 g/mol. The van der Waals surface area contributed by atoms with Crippen LogP contribution in [-0.4, -0.2) is 36.6 Å². The van der Waals surface area contributed by atoms with Crippen LogP contribution in [0.1, 0.15) is 5.56 Å². The van der Waals surface area contributed by atoms with Gasteiger partial charge in [-0.15, -0.1) is 0 Å². The number of nitrogens with zero attached hydrogens (tertiary/aromatic N) is 1. The molecule has 0 saturated heterocycles. The maximum Gasteiger partial charge on any atom is 0.401 e. The number of alkyl halides is 4. The molecule has 7 heteroatoms. The third-order valence-electron chi connectivity index (χ3n) is 2.46. The normalized spacial score (nSPS) is 11.9. The van der Waals surface area contributed by atoms with E-state index in [1.807, 2.05) is 0 Å². The summed E-state index contributed by atoms with van der Waals surface area (Å²) in [5, 5.41) is 0.384. The van der Waals surface area contributed by atoms with Gasteiger partial charge in [-0.05, 0) is 6.07 Å². The molecule has 0 spiro atoms. The zero-order chi connectivity index (χ0) is 14.5. The Morgan fingerprint density at radius 3 is 2.53 bits per heavy atom. The molecule has 1 rings (SSSR count). The fourth-order valence-electron chi connectivity index (χ4n) is 1.66. The molecule has 0 saturated carbocycles. The van der Waals surface area contributed by atoms with Crippen molar-refractivity contribution >= 4 is 15.9 Å². The molecule has 0 aliphatic carbocycles. The summed E-state index contributed by atoms with van der Waals surface area (Å²) in [5.41, 5.74) is 0.185. The van der Waals surface area contributed by atoms with Gasteiger partial charge in [0.2, 0.25) is 0 Å². The standard InChI is InChI=1S/C12H14BrF4NO/c1-19-10-4-2-3-9(11(10)14)7-18(6-5-13)8-12(15,16)17/h2-4H,5-8H2,1H3. The first-order valence-corrected chi connectivity index (χ1v) is 6.66. The van der Waals surface area contributed by atoms with Crippen LogP contribution >= 0.6 is 15.9 Å². The number of hydrogen-bond donors (Lipinski definition) is 0. The minimum atomic E-state index is -4.31. The van der Waals surface area contributed by atoms with Crippen molar-refractivity contribution in [1.82, 2.24) is 4.90 Å². The molecule has 0 radical (unpaired) electrons. The van der Waals surface area contributed by atoms with Gasteiger partial charge in [-0.1, -0.05) is 28.1 Å². The summed E-state index contributed by atoms with van der Waals surface area (Å²) in [6.07, 6.45) is -4.31. The third kappa shape index (κ3) is 5.36. The molecule has 0 aromatic heterocycles. The maximum absolute atomic E-state index is 13.9. The Morgan fingerprint density at radius 2 is 2.00 bits per heavy atom. The molecule has 0 N–H and O–H groups in total. The quantitative estimate of drug-likeness (QED) is 0.578. The van der Waals surface area contributed by atoms with Crippen LogP contribution in [0.25, 0.3) is 0 Å². The van der Waals surface area contributed by atoms with E-state index in [1.54, 1.807) is 6.07 Å². The number of benzene rings is 1. The first kappa shape index (κ1) is 16.2. The lowest BCUT2D eigenvalue weighted by Crippen LogP contribution is -2.35. The van der Waals surface area contributed by atoms with E-state index in [0.717, 1.165) is 4.90 Å². The van der Waals surface area contributed by atoms with Crippen molar-refractivity contribution in [3.63, 3.8) is 0 Å². The van der Waals surface area contributed by atoms with E-state index < -0.39 is 18.5 Å². The Balaban J connectivity index is 2.84. The van der Waals surface area contributed by atoms with E-state index in [2.05, 4.69) is 15.9 Å². The fraction of sp³-hybridized carbons (Fsp3) is 0.500. The Kier molecular flexibility index (Phi) is 6.06. The van der Waals surface area contributed by atoms with Crippen LogP contribution in [0.15, 0.2) is 18.2 Å². The van der Waals surface area contributed by atoms with Gasteiger partial charge in [0.15, 0.2) is 11.6 Å². The molecule has 0 bridgehead atoms. The summed E-state index contributed by atoms with van der Waals surface area (Å²) in [5.74, 6) is -0.588. The second kappa shape index (κ2) is 7.09. The predicted octanol–water partition coefficient (Wildman–Crippen LogP) is 3.59. The minimum Gasteiger partial charge on any atom is -0.494 e. The smallest absolute Gasteiger partial charge is 0.401 e. The van der Waals surface area contributed by atoms with E-state index in [1.165, 1.54) is 19.2 Å². The van der Waals surface area contributed by atoms with Gasteiger partial charge in [0.05, 0.1) is 13.7 Å². The Hall–Kier alpha value is -0.820. The first-order valence-electron chi connectivity index (χ1n) is 5.54. The Labute approximate surface area is 117 Å². The van der Waals surface area contributed by atoms with Crippen LogP contribution in [0.4, 0.5) is 17.6 Å². The molecule has 0 atom stereocenters. The fourth-order valence-corrected chi connectivity index (χ4v) is 2.17. The highest BCUT2D eigenvalue weighted by Crippen LogP contribution is 2.23. The van der Waals surface area contributed by atoms with Crippen LogP contribution < -0.4 is 4.74 Å². The zero-order valence-electron chi connectivity index (χ0n) is 10.3. The van der Waals surface area contributed by atoms with Crippen molar-refractivity contribution in [3.8, 4) is 5.75 Å². The number of halogens is 5. The largest absolute Gasteiger partial charge is 0.494 e. The number of hydrogen-bond acceptors (Lipinski definition) is 2. The van der Waals surface area contributed by atoms with Gasteiger partial charge in [-0.3, -0.25) is 4.90 Å². The minimum absolute atomic E-state index is 0.0308. The molecular formula is C12H14BrF4NO. The molecule has 108 valence electrons. The van der Waals surface area contributed by atoms with Crippen molar-refractivity contribution in [2.24, 2.45) is 0 Å². The van der Waals surface area contributed by atoms with Gasteiger partial charge >= 0.3 is 6.18 Å². The Bertz CT molecular complexity index is 411. The van der Waals surface area contributed by atoms with Crippen LogP contribution in [0, 0.1) is 5.82 Å². The second-order valence-electron chi connectivity index (χ2n) is 3.95. The maximum atomic E-state index is 13.9. The van der Waals surface area contributed by atoms with Crippen molar-refractivity contribution in [1.29, 1.82) is 0 Å². The van der Waals surface area contributed by atoms with Gasteiger partial charge < -0.3 is 4.74 Å². The van der Waals surface area contributed by atoms with Crippen molar-refractivity contribution in [2.45, 2.75) is 12.7 Å². The highest BCUT2D eigenvalue weighted by Gasteiger charge is 2.30. The molecule has 1 aromatic carbocycles. The molecule has 1 aromatic rings. The summed E-state index contributed by atoms with van der Waals surface area (Å²) >= 11 is 3.09. The number of methoxy groups -OCH3 is 1. The first-order chi connectivity index (χ1) is 8.87. The van der Waals surface area contributed by atoms with E-state index in [4.69, 9.17) is 4.74 Å². The van der Waals surface area contributed by atoms with Crippen LogP contribution in [0.2, 0.25) is 0 Å². The summed E-state index contributed by atoms with van der Waals surface area (Å²) < 4.78 is 55.9. The summed E-state index contributed by atoms with van der Waals surface area (Å²) in [6, 6.07) is 4.43. The molecule has 2 nitrogen and oxygen atoms in total. The lowest BCUT2D eigenvalue weighted by molar-refractivity contribution is -0.146. The predicted molar refractivity (Wildman–Crippen MR) is 68.1 cm³/mol. The van der Waals surface area contributed by atoms with E-state index >= 15 is 0 Å². The van der Waals surface area contributed by atoms with Crippen molar-refractivity contribution in [2.75, 3.05) is 25.5 Å². The van der Waals surface area contributed by atoms with Gasteiger partial charge in [-0.2, -0.15) is 13.2 Å². The summed E-state index contributed by atoms with van der Waals surface area (Å²) in [6.45, 7) is -1.01. The van der Waals surface area contributed by atoms with E-state index in [9.17, 15) is 17.6 Å². The van der Waals surface area contributed by atoms with Gasteiger partial charge in [0.1, 0.15) is 0 Å². The van der Waals surface area contributed by atoms with Crippen LogP contribution in [0.3, 0.4) is 0 Å². The topological polar surface area (TPSA) is 12.5 Å². The SMILES string of the molecule is COc1cccc(CN(CCBr)CC(F)(F)F)c1F. The Morgan fingerprint density at radius 1 is 1.32 bits per heavy atom. The second-order valence-corrected chi connectivity index (χ2v) is 4.74. The highest BCUT2D eigenvalue weighted by atomic mass is 79.9. The lowest BCUT2D eigenvalue weighted by Gasteiger charge is -2.23.